The zero-order valence-corrected chi connectivity index (χ0v) is 6.92. The molecule has 1 nitrogen and oxygen atoms in total. The molecule has 0 aromatic carbocycles. The van der Waals surface area contributed by atoms with E-state index in [-0.39, 0.29) is 11.7 Å². The van der Waals surface area contributed by atoms with Gasteiger partial charge >= 0.3 is 0 Å². The van der Waals surface area contributed by atoms with Gasteiger partial charge in [0.15, 0.2) is 5.78 Å². The predicted octanol–water partition coefficient (Wildman–Crippen LogP) is 2.26. The van der Waals surface area contributed by atoms with Crippen molar-refractivity contribution in [3.05, 3.63) is 36.0 Å². The first-order chi connectivity index (χ1) is 5.13. The SMILES string of the molecule is C=C1C=CC=C(C(C)=O)C1C. The van der Waals surface area contributed by atoms with Gasteiger partial charge in [0, 0.05) is 11.5 Å². The van der Waals surface area contributed by atoms with Gasteiger partial charge in [0.2, 0.25) is 0 Å². The Morgan fingerprint density at radius 3 is 2.73 bits per heavy atom. The molecule has 1 rings (SSSR count). The van der Waals surface area contributed by atoms with Crippen molar-refractivity contribution in [2.75, 3.05) is 0 Å². The Hall–Kier alpha value is -1.11. The van der Waals surface area contributed by atoms with Crippen molar-refractivity contribution in [1.82, 2.24) is 0 Å². The van der Waals surface area contributed by atoms with Crippen molar-refractivity contribution in [2.24, 2.45) is 5.92 Å². The zero-order chi connectivity index (χ0) is 8.43. The summed E-state index contributed by atoms with van der Waals surface area (Å²) in [5, 5.41) is 0. The number of hydrogen-bond donors (Lipinski definition) is 0. The minimum atomic E-state index is 0.142. The Labute approximate surface area is 67.1 Å². The van der Waals surface area contributed by atoms with Gasteiger partial charge in [0.25, 0.3) is 0 Å². The zero-order valence-electron chi connectivity index (χ0n) is 6.92. The molecule has 0 saturated heterocycles. The van der Waals surface area contributed by atoms with Crippen LogP contribution in [0.1, 0.15) is 13.8 Å². The molecule has 0 aliphatic heterocycles. The van der Waals surface area contributed by atoms with E-state index in [1.165, 1.54) is 0 Å². The van der Waals surface area contributed by atoms with Crippen LogP contribution in [0.5, 0.6) is 0 Å². The van der Waals surface area contributed by atoms with E-state index < -0.39 is 0 Å². The number of Topliss-reactive ketones (excluding diaryl/α,β-unsaturated/α-hetero) is 1. The van der Waals surface area contributed by atoms with E-state index in [1.54, 1.807) is 6.92 Å². The predicted molar refractivity (Wildman–Crippen MR) is 46.2 cm³/mol. The summed E-state index contributed by atoms with van der Waals surface area (Å²) in [6.45, 7) is 7.44. The van der Waals surface area contributed by atoms with Crippen LogP contribution in [0.25, 0.3) is 0 Å². The first kappa shape index (κ1) is 7.99. The normalized spacial score (nSPS) is 23.3. The van der Waals surface area contributed by atoms with E-state index >= 15 is 0 Å². The van der Waals surface area contributed by atoms with Crippen molar-refractivity contribution in [3.63, 3.8) is 0 Å². The highest BCUT2D eigenvalue weighted by Crippen LogP contribution is 2.23. The fourth-order valence-electron chi connectivity index (χ4n) is 1.19. The van der Waals surface area contributed by atoms with Crippen LogP contribution < -0.4 is 0 Å². The number of allylic oxidation sites excluding steroid dienone is 5. The number of ketones is 1. The average Bonchev–Trinajstić information content (AvgIpc) is 1.94. The molecule has 0 spiro atoms. The molecule has 0 amide bonds. The quantitative estimate of drug-likeness (QED) is 0.557. The van der Waals surface area contributed by atoms with E-state index in [0.29, 0.717) is 0 Å². The molecule has 1 unspecified atom stereocenters. The Morgan fingerprint density at radius 1 is 1.64 bits per heavy atom. The van der Waals surface area contributed by atoms with Crippen molar-refractivity contribution < 1.29 is 4.79 Å². The van der Waals surface area contributed by atoms with Gasteiger partial charge in [0.05, 0.1) is 0 Å². The largest absolute Gasteiger partial charge is 0.295 e. The lowest BCUT2D eigenvalue weighted by Crippen LogP contribution is -2.10. The number of carbonyl (C=O) groups is 1. The maximum atomic E-state index is 11.0. The van der Waals surface area contributed by atoms with Crippen LogP contribution in [0.3, 0.4) is 0 Å². The molecule has 0 N–H and O–H groups in total. The smallest absolute Gasteiger partial charge is 0.156 e. The standard InChI is InChI=1S/C10H12O/c1-7-5-4-6-10(8(7)2)9(3)11/h4-6,8H,1H2,2-3H3. The summed E-state index contributed by atoms with van der Waals surface area (Å²) in [6, 6.07) is 0. The van der Waals surface area contributed by atoms with Crippen LogP contribution >= 0.6 is 0 Å². The molecule has 0 bridgehead atoms. The molecule has 58 valence electrons. The van der Waals surface area contributed by atoms with Gasteiger partial charge in [0.1, 0.15) is 0 Å². The van der Waals surface area contributed by atoms with E-state index in [0.717, 1.165) is 11.1 Å². The van der Waals surface area contributed by atoms with Crippen molar-refractivity contribution in [1.29, 1.82) is 0 Å². The van der Waals surface area contributed by atoms with Crippen molar-refractivity contribution in [3.8, 4) is 0 Å². The summed E-state index contributed by atoms with van der Waals surface area (Å²) in [6.07, 6.45) is 5.68. The summed E-state index contributed by atoms with van der Waals surface area (Å²) >= 11 is 0. The van der Waals surface area contributed by atoms with Crippen LogP contribution in [0.15, 0.2) is 36.0 Å². The van der Waals surface area contributed by atoms with Gasteiger partial charge in [-0.1, -0.05) is 31.7 Å². The van der Waals surface area contributed by atoms with Gasteiger partial charge in [-0.2, -0.15) is 0 Å². The van der Waals surface area contributed by atoms with Crippen LogP contribution in [-0.4, -0.2) is 5.78 Å². The summed E-state index contributed by atoms with van der Waals surface area (Å²) in [5.74, 6) is 0.334. The minimum Gasteiger partial charge on any atom is -0.295 e. The highest BCUT2D eigenvalue weighted by Gasteiger charge is 2.16. The Bertz CT molecular complexity index is 256. The van der Waals surface area contributed by atoms with E-state index in [9.17, 15) is 4.79 Å². The molecule has 1 atom stereocenters. The highest BCUT2D eigenvalue weighted by atomic mass is 16.1. The van der Waals surface area contributed by atoms with Gasteiger partial charge in [-0.15, -0.1) is 0 Å². The molecule has 11 heavy (non-hydrogen) atoms. The summed E-state index contributed by atoms with van der Waals surface area (Å²) in [7, 11) is 0. The van der Waals surface area contributed by atoms with E-state index in [2.05, 4.69) is 6.58 Å². The van der Waals surface area contributed by atoms with Crippen LogP contribution in [0, 0.1) is 5.92 Å². The Morgan fingerprint density at radius 2 is 2.27 bits per heavy atom. The third kappa shape index (κ3) is 1.48. The summed E-state index contributed by atoms with van der Waals surface area (Å²) in [4.78, 5) is 11.0. The second-order valence-corrected chi connectivity index (χ2v) is 2.83. The number of rotatable bonds is 1. The van der Waals surface area contributed by atoms with Gasteiger partial charge < -0.3 is 0 Å². The molecule has 0 saturated carbocycles. The highest BCUT2D eigenvalue weighted by molar-refractivity contribution is 5.95. The molecule has 0 heterocycles. The lowest BCUT2D eigenvalue weighted by atomic mass is 9.87. The maximum absolute atomic E-state index is 11.0. The van der Waals surface area contributed by atoms with E-state index in [1.807, 2.05) is 25.2 Å². The molecule has 1 aliphatic carbocycles. The molecule has 0 aromatic rings. The lowest BCUT2D eigenvalue weighted by Gasteiger charge is -2.16. The molecule has 0 aromatic heterocycles. The van der Waals surface area contributed by atoms with Crippen LogP contribution in [-0.2, 0) is 4.79 Å². The average molecular weight is 148 g/mol. The van der Waals surface area contributed by atoms with Crippen LogP contribution in [0.2, 0.25) is 0 Å². The molecule has 0 fully saturated rings. The van der Waals surface area contributed by atoms with Gasteiger partial charge in [-0.3, -0.25) is 4.79 Å². The molecule has 1 heteroatoms. The second kappa shape index (κ2) is 2.87. The third-order valence-corrected chi connectivity index (χ3v) is 2.02. The van der Waals surface area contributed by atoms with Crippen molar-refractivity contribution in [2.45, 2.75) is 13.8 Å². The molecular weight excluding hydrogens is 136 g/mol. The Kier molecular flexibility index (Phi) is 2.08. The fraction of sp³-hybridized carbons (Fsp3) is 0.300. The first-order valence-electron chi connectivity index (χ1n) is 3.71. The Balaban J connectivity index is 2.96. The summed E-state index contributed by atoms with van der Waals surface area (Å²) in [5.41, 5.74) is 1.87. The van der Waals surface area contributed by atoms with Crippen molar-refractivity contribution >= 4 is 5.78 Å². The summed E-state index contributed by atoms with van der Waals surface area (Å²) < 4.78 is 0. The first-order valence-corrected chi connectivity index (χ1v) is 3.71. The number of hydrogen-bond acceptors (Lipinski definition) is 1. The van der Waals surface area contributed by atoms with Crippen LogP contribution in [0.4, 0.5) is 0 Å². The molecule has 0 radical (unpaired) electrons. The second-order valence-electron chi connectivity index (χ2n) is 2.83. The third-order valence-electron chi connectivity index (χ3n) is 2.02. The van der Waals surface area contributed by atoms with Gasteiger partial charge in [-0.25, -0.2) is 0 Å². The maximum Gasteiger partial charge on any atom is 0.156 e. The van der Waals surface area contributed by atoms with E-state index in [4.69, 9.17) is 0 Å². The number of carbonyl (C=O) groups excluding carboxylic acids is 1. The molecular formula is C10H12O. The minimum absolute atomic E-state index is 0.142. The topological polar surface area (TPSA) is 17.1 Å². The monoisotopic (exact) mass is 148 g/mol. The molecule has 1 aliphatic rings. The lowest BCUT2D eigenvalue weighted by molar-refractivity contribution is -0.114. The fourth-order valence-corrected chi connectivity index (χ4v) is 1.19. The van der Waals surface area contributed by atoms with Gasteiger partial charge in [-0.05, 0) is 12.5 Å².